The van der Waals surface area contributed by atoms with Gasteiger partial charge >= 0.3 is 5.97 Å². The summed E-state index contributed by atoms with van der Waals surface area (Å²) in [5.41, 5.74) is 2.24. The van der Waals surface area contributed by atoms with Crippen LogP contribution in [0.2, 0.25) is 0 Å². The van der Waals surface area contributed by atoms with Gasteiger partial charge < -0.3 is 10.1 Å². The molecule has 0 aliphatic carbocycles. The Morgan fingerprint density at radius 2 is 1.90 bits per heavy atom. The van der Waals surface area contributed by atoms with Crippen molar-refractivity contribution in [3.05, 3.63) is 64.6 Å². The van der Waals surface area contributed by atoms with Gasteiger partial charge in [-0.2, -0.15) is 5.26 Å². The fourth-order valence-corrected chi connectivity index (χ4v) is 3.09. The van der Waals surface area contributed by atoms with Crippen LogP contribution in [0.15, 0.2) is 59.1 Å². The van der Waals surface area contributed by atoms with Crippen molar-refractivity contribution in [1.29, 1.82) is 10.7 Å². The van der Waals surface area contributed by atoms with E-state index in [1.807, 2.05) is 30.3 Å². The number of hydrogen-bond donors (Lipinski definition) is 1. The molecule has 0 aliphatic rings. The summed E-state index contributed by atoms with van der Waals surface area (Å²) < 4.78 is 6.09. The average Bonchev–Trinajstić information content (AvgIpc) is 2.72. The molecule has 0 fully saturated rings. The quantitative estimate of drug-likeness (QED) is 0.438. The van der Waals surface area contributed by atoms with E-state index in [2.05, 4.69) is 20.9 Å². The van der Waals surface area contributed by atoms with Crippen molar-refractivity contribution in [2.45, 2.75) is 6.92 Å². The van der Waals surface area contributed by atoms with E-state index < -0.39 is 24.3 Å². The first-order valence-corrected chi connectivity index (χ1v) is 9.50. The number of rotatable bonds is 6. The van der Waals surface area contributed by atoms with Crippen molar-refractivity contribution in [3.8, 4) is 17.3 Å². The average molecular weight is 450 g/mol. The summed E-state index contributed by atoms with van der Waals surface area (Å²) in [6.45, 7) is 0.798. The molecule has 6 nitrogen and oxygen atoms in total. The molecule has 29 heavy (non-hydrogen) atoms. The number of nitriles is 1. The number of hydrogen-bond acceptors (Lipinski definition) is 6. The smallest absolute Gasteiger partial charge is 0.339 e. The molecule has 144 valence electrons. The molecule has 1 aromatic heterocycles. The minimum Gasteiger partial charge on any atom is -0.454 e. The molecule has 0 saturated carbocycles. The minimum atomic E-state index is -1.21. The van der Waals surface area contributed by atoms with Crippen LogP contribution in [0.3, 0.4) is 0 Å². The Hall–Kier alpha value is -3.37. The maximum absolute atomic E-state index is 12.7. The number of Topliss-reactive ketones (excluding diaryl/α,β-unsaturated/α-hetero) is 1. The molecule has 7 heteroatoms. The van der Waals surface area contributed by atoms with Gasteiger partial charge in [0, 0.05) is 21.1 Å². The highest BCUT2D eigenvalue weighted by Crippen LogP contribution is 2.26. The summed E-state index contributed by atoms with van der Waals surface area (Å²) in [5.74, 6) is -2.52. The molecule has 0 saturated heterocycles. The number of ketones is 1. The second-order valence-corrected chi connectivity index (χ2v) is 7.28. The number of halogens is 1. The standard InChI is InChI=1S/C22H16BrN3O3/c1-13(25)18(11-24)21(27)12-29-22(28)17-10-20(14-6-8-15(23)9-7-14)26-19-5-3-2-4-16(17)19/h2-10,18,25H,12H2,1H3. The van der Waals surface area contributed by atoms with Gasteiger partial charge in [0.05, 0.1) is 22.8 Å². The Bertz CT molecular complexity index is 1150. The molecule has 0 aliphatic heterocycles. The van der Waals surface area contributed by atoms with Gasteiger partial charge in [-0.1, -0.05) is 46.3 Å². The zero-order valence-electron chi connectivity index (χ0n) is 15.5. The van der Waals surface area contributed by atoms with Crippen LogP contribution in [-0.4, -0.2) is 29.1 Å². The van der Waals surface area contributed by atoms with Crippen LogP contribution in [0.4, 0.5) is 0 Å². The third-order valence-corrected chi connectivity index (χ3v) is 4.83. The van der Waals surface area contributed by atoms with Gasteiger partial charge in [0.25, 0.3) is 0 Å². The number of fused-ring (bicyclic) bond motifs is 1. The summed E-state index contributed by atoms with van der Waals surface area (Å²) in [6.07, 6.45) is 0. The molecule has 1 N–H and O–H groups in total. The Morgan fingerprint density at radius 1 is 1.21 bits per heavy atom. The van der Waals surface area contributed by atoms with E-state index in [0.717, 1.165) is 10.0 Å². The highest BCUT2D eigenvalue weighted by Gasteiger charge is 2.23. The van der Waals surface area contributed by atoms with Crippen LogP contribution in [0.5, 0.6) is 0 Å². The van der Waals surface area contributed by atoms with Crippen molar-refractivity contribution in [2.24, 2.45) is 5.92 Å². The molecule has 1 unspecified atom stereocenters. The fraction of sp³-hybridized carbons (Fsp3) is 0.136. The Labute approximate surface area is 175 Å². The lowest BCUT2D eigenvalue weighted by atomic mass is 10.0. The van der Waals surface area contributed by atoms with Crippen LogP contribution >= 0.6 is 15.9 Å². The summed E-state index contributed by atoms with van der Waals surface area (Å²) >= 11 is 3.39. The zero-order chi connectivity index (χ0) is 21.0. The third-order valence-electron chi connectivity index (χ3n) is 4.31. The number of carbonyl (C=O) groups is 2. The van der Waals surface area contributed by atoms with E-state index in [-0.39, 0.29) is 11.3 Å². The van der Waals surface area contributed by atoms with Crippen LogP contribution in [-0.2, 0) is 9.53 Å². The van der Waals surface area contributed by atoms with Crippen molar-refractivity contribution in [2.75, 3.05) is 6.61 Å². The Balaban J connectivity index is 1.94. The lowest BCUT2D eigenvalue weighted by molar-refractivity contribution is -0.122. The summed E-state index contributed by atoms with van der Waals surface area (Å²) in [5, 5.41) is 17.1. The lowest BCUT2D eigenvalue weighted by Crippen LogP contribution is -2.25. The lowest BCUT2D eigenvalue weighted by Gasteiger charge is -2.11. The maximum atomic E-state index is 12.7. The molecule has 3 aromatic rings. The summed E-state index contributed by atoms with van der Waals surface area (Å²) in [7, 11) is 0. The summed E-state index contributed by atoms with van der Waals surface area (Å²) in [6, 6.07) is 18.1. The highest BCUT2D eigenvalue weighted by molar-refractivity contribution is 9.10. The number of aromatic nitrogens is 1. The predicted octanol–water partition coefficient (Wildman–Crippen LogP) is 4.57. The number of para-hydroxylation sites is 1. The van der Waals surface area contributed by atoms with E-state index in [0.29, 0.717) is 16.6 Å². The number of nitrogens with zero attached hydrogens (tertiary/aromatic N) is 2. The molecular formula is C22H16BrN3O3. The Morgan fingerprint density at radius 3 is 2.55 bits per heavy atom. The SMILES string of the molecule is CC(=N)C(C#N)C(=O)COC(=O)c1cc(-c2ccc(Br)cc2)nc2ccccc12. The van der Waals surface area contributed by atoms with E-state index in [9.17, 15) is 9.59 Å². The van der Waals surface area contributed by atoms with E-state index in [1.54, 1.807) is 30.3 Å². The zero-order valence-corrected chi connectivity index (χ0v) is 17.1. The first kappa shape index (κ1) is 20.4. The normalized spacial score (nSPS) is 11.5. The molecule has 0 amide bonds. The minimum absolute atomic E-state index is 0.0829. The third kappa shape index (κ3) is 4.55. The second-order valence-electron chi connectivity index (χ2n) is 6.37. The number of benzene rings is 2. The van der Waals surface area contributed by atoms with Gasteiger partial charge in [-0.15, -0.1) is 0 Å². The molecule has 0 bridgehead atoms. The molecule has 3 rings (SSSR count). The summed E-state index contributed by atoms with van der Waals surface area (Å²) in [4.78, 5) is 29.4. The largest absolute Gasteiger partial charge is 0.454 e. The first-order chi connectivity index (χ1) is 13.9. The van der Waals surface area contributed by atoms with Gasteiger partial charge in [-0.3, -0.25) is 4.79 Å². The van der Waals surface area contributed by atoms with Crippen molar-refractivity contribution >= 4 is 44.3 Å². The number of ether oxygens (including phenoxy) is 1. The fourth-order valence-electron chi connectivity index (χ4n) is 2.82. The predicted molar refractivity (Wildman–Crippen MR) is 113 cm³/mol. The van der Waals surface area contributed by atoms with E-state index in [1.165, 1.54) is 6.92 Å². The van der Waals surface area contributed by atoms with Crippen LogP contribution < -0.4 is 0 Å². The van der Waals surface area contributed by atoms with Gasteiger partial charge in [-0.05, 0) is 31.2 Å². The molecule has 2 aromatic carbocycles. The van der Waals surface area contributed by atoms with Crippen molar-refractivity contribution in [3.63, 3.8) is 0 Å². The van der Waals surface area contributed by atoms with Crippen LogP contribution in [0, 0.1) is 22.7 Å². The van der Waals surface area contributed by atoms with E-state index in [4.69, 9.17) is 15.4 Å². The van der Waals surface area contributed by atoms with Gasteiger partial charge in [0.2, 0.25) is 0 Å². The molecular weight excluding hydrogens is 434 g/mol. The number of nitrogens with one attached hydrogen (secondary N) is 1. The maximum Gasteiger partial charge on any atom is 0.339 e. The van der Waals surface area contributed by atoms with E-state index >= 15 is 0 Å². The number of carbonyl (C=O) groups excluding carboxylic acids is 2. The number of pyridine rings is 1. The Kier molecular flexibility index (Phi) is 6.15. The first-order valence-electron chi connectivity index (χ1n) is 8.71. The van der Waals surface area contributed by atoms with Crippen LogP contribution in [0.1, 0.15) is 17.3 Å². The molecule has 1 atom stereocenters. The highest BCUT2D eigenvalue weighted by atomic mass is 79.9. The van der Waals surface area contributed by atoms with Crippen molar-refractivity contribution in [1.82, 2.24) is 4.98 Å². The monoisotopic (exact) mass is 449 g/mol. The molecule has 0 spiro atoms. The van der Waals surface area contributed by atoms with Gasteiger partial charge in [0.1, 0.15) is 5.92 Å². The number of esters is 1. The van der Waals surface area contributed by atoms with Gasteiger partial charge in [-0.25, -0.2) is 9.78 Å². The van der Waals surface area contributed by atoms with Crippen molar-refractivity contribution < 1.29 is 14.3 Å². The molecule has 1 heterocycles. The van der Waals surface area contributed by atoms with Crippen LogP contribution in [0.25, 0.3) is 22.2 Å². The van der Waals surface area contributed by atoms with Gasteiger partial charge in [0.15, 0.2) is 12.4 Å². The second kappa shape index (κ2) is 8.76. The molecule has 0 radical (unpaired) electrons. The topological polar surface area (TPSA) is 104 Å².